The molecule has 2 rings (SSSR count). The maximum Gasteiger partial charge on any atom is 0.235 e. The topological polar surface area (TPSA) is 67.0 Å². The molecule has 1 heterocycles. The first-order valence-electron chi connectivity index (χ1n) is 5.75. The number of anilines is 1. The summed E-state index contributed by atoms with van der Waals surface area (Å²) >= 11 is 1.47. The number of ether oxygens (including phenoxy) is 1. The number of aryl methyl sites for hydroxylation is 1. The first kappa shape index (κ1) is 13.5. The van der Waals surface area contributed by atoms with Crippen LogP contribution in [0.3, 0.4) is 0 Å². The fourth-order valence-electron chi connectivity index (χ4n) is 1.47. The van der Waals surface area contributed by atoms with E-state index in [2.05, 4.69) is 15.5 Å². The van der Waals surface area contributed by atoms with E-state index in [-0.39, 0.29) is 5.91 Å². The van der Waals surface area contributed by atoms with Gasteiger partial charge in [0.25, 0.3) is 0 Å². The second kappa shape index (κ2) is 6.29. The molecule has 6 heteroatoms. The van der Waals surface area contributed by atoms with E-state index in [0.29, 0.717) is 11.6 Å². The van der Waals surface area contributed by atoms with Gasteiger partial charge in [-0.05, 0) is 31.2 Å². The molecule has 1 aromatic heterocycles. The Hall–Kier alpha value is -1.95. The van der Waals surface area contributed by atoms with E-state index in [9.17, 15) is 4.79 Å². The summed E-state index contributed by atoms with van der Waals surface area (Å²) in [4.78, 5) is 12.8. The van der Waals surface area contributed by atoms with Crippen LogP contribution >= 0.6 is 11.8 Å². The SMILES string of the molecule is COc1ccc(SCC(=O)Nc2[nH]ncc2C)cc1. The molecular weight excluding hydrogens is 262 g/mol. The number of aromatic nitrogens is 2. The van der Waals surface area contributed by atoms with Crippen molar-refractivity contribution in [1.29, 1.82) is 0 Å². The molecule has 0 aliphatic rings. The molecule has 0 fully saturated rings. The van der Waals surface area contributed by atoms with E-state index in [4.69, 9.17) is 4.74 Å². The normalized spacial score (nSPS) is 10.2. The standard InChI is InChI=1S/C13H15N3O2S/c1-9-7-14-16-13(9)15-12(17)8-19-11-5-3-10(18-2)4-6-11/h3-7H,8H2,1-2H3,(H2,14,15,16,17). The van der Waals surface area contributed by atoms with Crippen molar-refractivity contribution in [2.45, 2.75) is 11.8 Å². The zero-order valence-corrected chi connectivity index (χ0v) is 11.6. The molecule has 0 atom stereocenters. The first-order valence-corrected chi connectivity index (χ1v) is 6.74. The average Bonchev–Trinajstić information content (AvgIpc) is 2.82. The second-order valence-electron chi connectivity index (χ2n) is 3.94. The molecule has 0 spiro atoms. The number of amides is 1. The zero-order chi connectivity index (χ0) is 13.7. The third kappa shape index (κ3) is 3.75. The number of carbonyl (C=O) groups excluding carboxylic acids is 1. The second-order valence-corrected chi connectivity index (χ2v) is 4.99. The Bertz CT molecular complexity index is 551. The number of rotatable bonds is 5. The average molecular weight is 277 g/mol. The summed E-state index contributed by atoms with van der Waals surface area (Å²) in [6.45, 7) is 1.88. The summed E-state index contributed by atoms with van der Waals surface area (Å²) in [7, 11) is 1.63. The Morgan fingerprint density at radius 1 is 1.42 bits per heavy atom. The predicted molar refractivity (Wildman–Crippen MR) is 75.7 cm³/mol. The summed E-state index contributed by atoms with van der Waals surface area (Å²) < 4.78 is 5.08. The Balaban J connectivity index is 1.84. The minimum absolute atomic E-state index is 0.0619. The third-order valence-electron chi connectivity index (χ3n) is 2.52. The fourth-order valence-corrected chi connectivity index (χ4v) is 2.17. The van der Waals surface area contributed by atoms with E-state index >= 15 is 0 Å². The van der Waals surface area contributed by atoms with Gasteiger partial charge in [0.1, 0.15) is 11.6 Å². The lowest BCUT2D eigenvalue weighted by Gasteiger charge is -2.05. The Morgan fingerprint density at radius 2 is 2.16 bits per heavy atom. The predicted octanol–water partition coefficient (Wildman–Crippen LogP) is 2.46. The maximum atomic E-state index is 11.8. The van der Waals surface area contributed by atoms with Gasteiger partial charge in [-0.25, -0.2) is 0 Å². The lowest BCUT2D eigenvalue weighted by Crippen LogP contribution is -2.14. The number of thioether (sulfide) groups is 1. The van der Waals surface area contributed by atoms with Crippen molar-refractivity contribution in [2.24, 2.45) is 0 Å². The number of H-pyrrole nitrogens is 1. The van der Waals surface area contributed by atoms with Crippen LogP contribution in [-0.4, -0.2) is 29.0 Å². The van der Waals surface area contributed by atoms with Crippen LogP contribution in [0.25, 0.3) is 0 Å². The van der Waals surface area contributed by atoms with E-state index in [0.717, 1.165) is 16.2 Å². The number of carbonyl (C=O) groups is 1. The summed E-state index contributed by atoms with van der Waals surface area (Å²) in [5.74, 6) is 1.75. The lowest BCUT2D eigenvalue weighted by atomic mass is 10.3. The highest BCUT2D eigenvalue weighted by atomic mass is 32.2. The van der Waals surface area contributed by atoms with Gasteiger partial charge in [0.05, 0.1) is 19.1 Å². The van der Waals surface area contributed by atoms with Gasteiger partial charge in [-0.2, -0.15) is 5.10 Å². The van der Waals surface area contributed by atoms with Crippen LogP contribution in [-0.2, 0) is 4.79 Å². The van der Waals surface area contributed by atoms with Crippen molar-refractivity contribution in [1.82, 2.24) is 10.2 Å². The van der Waals surface area contributed by atoms with E-state index < -0.39 is 0 Å². The maximum absolute atomic E-state index is 11.8. The quantitative estimate of drug-likeness (QED) is 0.824. The minimum atomic E-state index is -0.0619. The van der Waals surface area contributed by atoms with Crippen LogP contribution in [0, 0.1) is 6.92 Å². The van der Waals surface area contributed by atoms with Crippen molar-refractivity contribution in [3.05, 3.63) is 36.0 Å². The minimum Gasteiger partial charge on any atom is -0.497 e. The molecule has 5 nitrogen and oxygen atoms in total. The molecule has 0 radical (unpaired) electrons. The van der Waals surface area contributed by atoms with Crippen molar-refractivity contribution >= 4 is 23.5 Å². The van der Waals surface area contributed by atoms with Crippen molar-refractivity contribution in [3.63, 3.8) is 0 Å². The number of nitrogens with zero attached hydrogens (tertiary/aromatic N) is 1. The molecule has 19 heavy (non-hydrogen) atoms. The number of aromatic amines is 1. The first-order chi connectivity index (χ1) is 9.19. The molecule has 0 aliphatic carbocycles. The smallest absolute Gasteiger partial charge is 0.235 e. The highest BCUT2D eigenvalue weighted by Gasteiger charge is 2.06. The molecule has 0 bridgehead atoms. The molecule has 2 N–H and O–H groups in total. The highest BCUT2D eigenvalue weighted by Crippen LogP contribution is 2.21. The lowest BCUT2D eigenvalue weighted by molar-refractivity contribution is -0.113. The molecule has 0 saturated carbocycles. The van der Waals surface area contributed by atoms with Gasteiger partial charge in [-0.3, -0.25) is 9.89 Å². The molecule has 0 saturated heterocycles. The highest BCUT2D eigenvalue weighted by molar-refractivity contribution is 8.00. The molecule has 2 aromatic rings. The summed E-state index contributed by atoms with van der Waals surface area (Å²) in [5, 5.41) is 9.37. The zero-order valence-electron chi connectivity index (χ0n) is 10.8. The number of nitrogens with one attached hydrogen (secondary N) is 2. The monoisotopic (exact) mass is 277 g/mol. The molecule has 100 valence electrons. The van der Waals surface area contributed by atoms with Gasteiger partial charge in [-0.1, -0.05) is 0 Å². The summed E-state index contributed by atoms with van der Waals surface area (Å²) in [6, 6.07) is 7.61. The number of hydrogen-bond acceptors (Lipinski definition) is 4. The Labute approximate surface area is 115 Å². The van der Waals surface area contributed by atoms with Gasteiger partial charge in [0.2, 0.25) is 5.91 Å². The van der Waals surface area contributed by atoms with Gasteiger partial charge < -0.3 is 10.1 Å². The summed E-state index contributed by atoms with van der Waals surface area (Å²) in [5.41, 5.74) is 0.919. The van der Waals surface area contributed by atoms with Crippen molar-refractivity contribution < 1.29 is 9.53 Å². The molecular formula is C13H15N3O2S. The molecule has 1 amide bonds. The van der Waals surface area contributed by atoms with Crippen LogP contribution < -0.4 is 10.1 Å². The van der Waals surface area contributed by atoms with Crippen molar-refractivity contribution in [3.8, 4) is 5.75 Å². The molecule has 0 unspecified atom stereocenters. The number of methoxy groups -OCH3 is 1. The van der Waals surface area contributed by atoms with Gasteiger partial charge >= 0.3 is 0 Å². The number of hydrogen-bond donors (Lipinski definition) is 2. The van der Waals surface area contributed by atoms with Crippen LogP contribution in [0.1, 0.15) is 5.56 Å². The molecule has 1 aromatic carbocycles. The van der Waals surface area contributed by atoms with E-state index in [1.807, 2.05) is 31.2 Å². The Morgan fingerprint density at radius 3 is 2.74 bits per heavy atom. The van der Waals surface area contributed by atoms with Crippen LogP contribution in [0.2, 0.25) is 0 Å². The van der Waals surface area contributed by atoms with Crippen molar-refractivity contribution in [2.75, 3.05) is 18.2 Å². The van der Waals surface area contributed by atoms with Crippen LogP contribution in [0.5, 0.6) is 5.75 Å². The van der Waals surface area contributed by atoms with E-state index in [1.54, 1.807) is 13.3 Å². The summed E-state index contributed by atoms with van der Waals surface area (Å²) in [6.07, 6.45) is 1.67. The van der Waals surface area contributed by atoms with Gasteiger partial charge in [0, 0.05) is 10.5 Å². The molecule has 0 aliphatic heterocycles. The largest absolute Gasteiger partial charge is 0.497 e. The Kier molecular flexibility index (Phi) is 4.46. The fraction of sp³-hybridized carbons (Fsp3) is 0.231. The van der Waals surface area contributed by atoms with Gasteiger partial charge in [0.15, 0.2) is 0 Å². The number of benzene rings is 1. The van der Waals surface area contributed by atoms with E-state index in [1.165, 1.54) is 11.8 Å². The van der Waals surface area contributed by atoms with Crippen LogP contribution in [0.4, 0.5) is 5.82 Å². The van der Waals surface area contributed by atoms with Gasteiger partial charge in [-0.15, -0.1) is 11.8 Å². The third-order valence-corrected chi connectivity index (χ3v) is 3.53. The van der Waals surface area contributed by atoms with Crippen LogP contribution in [0.15, 0.2) is 35.4 Å².